The number of hydrogen-bond acceptors (Lipinski definition) is 0. The molecule has 1 aromatic carbocycles. The van der Waals surface area contributed by atoms with Gasteiger partial charge in [0, 0.05) is 0 Å². The molecule has 0 bridgehead atoms. The molecule has 0 aromatic heterocycles. The van der Waals surface area contributed by atoms with E-state index in [0.29, 0.717) is 0 Å². The third-order valence-corrected chi connectivity index (χ3v) is 21.8. The highest BCUT2D eigenvalue weighted by Gasteiger charge is 2.61. The van der Waals surface area contributed by atoms with Gasteiger partial charge in [-0.25, -0.2) is 10.0 Å². The van der Waals surface area contributed by atoms with Gasteiger partial charge in [-0.3, -0.25) is 0 Å². The van der Waals surface area contributed by atoms with Crippen molar-refractivity contribution in [2.24, 2.45) is 53.3 Å². The van der Waals surface area contributed by atoms with E-state index in [-0.39, 0.29) is 10.8 Å². The zero-order chi connectivity index (χ0) is 35.9. The van der Waals surface area contributed by atoms with E-state index in [2.05, 4.69) is 108 Å². The first-order valence-electron chi connectivity index (χ1n) is 22.0. The third kappa shape index (κ3) is 7.94. The quantitative estimate of drug-likeness (QED) is 0.181. The maximum absolute atomic E-state index is 2.80. The number of unbranched alkanes of at least 4 members (excludes halogenated alkanes) is 6. The largest absolute Gasteiger partial charge is 0.234 e. The molecule has 1 heteroatoms. The van der Waals surface area contributed by atoms with Crippen molar-refractivity contribution in [3.63, 3.8) is 0 Å². The summed E-state index contributed by atoms with van der Waals surface area (Å²) in [5.41, 5.74) is 5.29. The van der Waals surface area contributed by atoms with Gasteiger partial charge in [0.15, 0.2) is 0 Å². The van der Waals surface area contributed by atoms with Crippen LogP contribution >= 0.6 is 10.0 Å². The summed E-state index contributed by atoms with van der Waals surface area (Å²) in [5.74, 6) is 12.1. The van der Waals surface area contributed by atoms with Crippen LogP contribution in [0.15, 0.2) is 18.2 Å². The predicted molar refractivity (Wildman–Crippen MR) is 223 cm³/mol. The smallest absolute Gasteiger partial charge is 0.00519 e. The molecule has 4 aliphatic rings. The van der Waals surface area contributed by atoms with E-state index >= 15 is 0 Å². The average Bonchev–Trinajstić information content (AvgIpc) is 3.69. The number of hydrogen-bond donors (Lipinski definition) is 0. The van der Waals surface area contributed by atoms with Crippen LogP contribution in [0.3, 0.4) is 0 Å². The zero-order valence-corrected chi connectivity index (χ0v) is 36.0. The van der Waals surface area contributed by atoms with Gasteiger partial charge in [0.25, 0.3) is 0 Å². The average molecular weight is 693 g/mol. The molecule has 0 N–H and O–H groups in total. The van der Waals surface area contributed by atoms with Gasteiger partial charge in [0.1, 0.15) is 0 Å². The molecule has 49 heavy (non-hydrogen) atoms. The fraction of sp³-hybridized carbons (Fsp3) is 0.875. The molecule has 0 heterocycles. The lowest BCUT2D eigenvalue weighted by Gasteiger charge is -2.58. The summed E-state index contributed by atoms with van der Waals surface area (Å²) < 4.78 is 0. The van der Waals surface area contributed by atoms with Gasteiger partial charge in [-0.1, -0.05) is 160 Å². The SMILES string of the molecule is CCCCCCS(CCCCCC)(C1C(C)C(C)C(C)C1C)C1C(C)CC2C1CC1CCCC1C2c1cc(C(C)(C)C)cc(C(C)(C)C)c1. The Bertz CT molecular complexity index is 1140. The Morgan fingerprint density at radius 2 is 1.10 bits per heavy atom. The molecule has 11 atom stereocenters. The molecule has 0 spiro atoms. The molecule has 4 fully saturated rings. The van der Waals surface area contributed by atoms with Gasteiger partial charge in [-0.15, -0.1) is 0 Å². The van der Waals surface area contributed by atoms with Gasteiger partial charge in [0.05, 0.1) is 0 Å². The zero-order valence-electron chi connectivity index (χ0n) is 35.2. The van der Waals surface area contributed by atoms with Gasteiger partial charge in [0.2, 0.25) is 0 Å². The normalized spacial score (nSPS) is 37.0. The molecular weight excluding hydrogens is 609 g/mol. The van der Waals surface area contributed by atoms with Gasteiger partial charge >= 0.3 is 0 Å². The Labute approximate surface area is 309 Å². The third-order valence-electron chi connectivity index (χ3n) is 15.8. The first-order valence-corrected chi connectivity index (χ1v) is 24.1. The first-order chi connectivity index (χ1) is 23.1. The van der Waals surface area contributed by atoms with Crippen molar-refractivity contribution in [2.45, 2.75) is 201 Å². The van der Waals surface area contributed by atoms with Crippen molar-refractivity contribution in [1.82, 2.24) is 0 Å². The Morgan fingerprint density at radius 1 is 0.571 bits per heavy atom. The number of fused-ring (bicyclic) bond motifs is 2. The number of benzene rings is 1. The second-order valence-electron chi connectivity index (χ2n) is 20.9. The Morgan fingerprint density at radius 3 is 1.59 bits per heavy atom. The molecule has 4 saturated carbocycles. The Kier molecular flexibility index (Phi) is 12.9. The van der Waals surface area contributed by atoms with E-state index in [1.54, 1.807) is 34.6 Å². The van der Waals surface area contributed by atoms with E-state index in [1.165, 1.54) is 77.0 Å². The van der Waals surface area contributed by atoms with Crippen LogP contribution in [0.1, 0.15) is 196 Å². The summed E-state index contributed by atoms with van der Waals surface area (Å²) in [6, 6.07) is 8.08. The van der Waals surface area contributed by atoms with E-state index in [0.717, 1.165) is 69.7 Å². The molecule has 0 amide bonds. The maximum Gasteiger partial charge on any atom is -0.00519 e. The van der Waals surface area contributed by atoms with Crippen LogP contribution in [0.2, 0.25) is 0 Å². The van der Waals surface area contributed by atoms with Crippen molar-refractivity contribution >= 4 is 10.0 Å². The van der Waals surface area contributed by atoms with Crippen molar-refractivity contribution in [2.75, 3.05) is 11.5 Å². The van der Waals surface area contributed by atoms with Crippen LogP contribution in [0.25, 0.3) is 0 Å². The molecule has 0 nitrogen and oxygen atoms in total. The topological polar surface area (TPSA) is 0 Å². The summed E-state index contributed by atoms with van der Waals surface area (Å²) >= 11 is 0. The molecule has 11 unspecified atom stereocenters. The van der Waals surface area contributed by atoms with E-state index in [1.807, 2.05) is 0 Å². The summed E-state index contributed by atoms with van der Waals surface area (Å²) in [7, 11) is -0.795. The minimum absolute atomic E-state index is 0.184. The van der Waals surface area contributed by atoms with Gasteiger partial charge in [-0.05, 0) is 141 Å². The van der Waals surface area contributed by atoms with Crippen LogP contribution in [-0.2, 0) is 10.8 Å². The monoisotopic (exact) mass is 693 g/mol. The van der Waals surface area contributed by atoms with Crippen molar-refractivity contribution in [3.05, 3.63) is 34.9 Å². The lowest BCUT2D eigenvalue weighted by molar-refractivity contribution is 0.123. The molecule has 5 rings (SSSR count). The molecule has 282 valence electrons. The highest BCUT2D eigenvalue weighted by atomic mass is 32.3. The van der Waals surface area contributed by atoms with Crippen LogP contribution in [0.5, 0.6) is 0 Å². The number of rotatable bonds is 13. The highest BCUT2D eigenvalue weighted by Crippen LogP contribution is 2.75. The molecule has 1 aromatic rings. The molecule has 0 aliphatic heterocycles. The predicted octanol–water partition coefficient (Wildman–Crippen LogP) is 14.7. The molecule has 4 aliphatic carbocycles. The van der Waals surface area contributed by atoms with Gasteiger partial charge < -0.3 is 0 Å². The summed E-state index contributed by atoms with van der Waals surface area (Å²) in [5, 5.41) is 1.97. The molecular formula is C48H84S. The highest BCUT2D eigenvalue weighted by molar-refractivity contribution is 8.34. The molecule has 0 saturated heterocycles. The Balaban J connectivity index is 1.64. The van der Waals surface area contributed by atoms with Crippen LogP contribution < -0.4 is 0 Å². The fourth-order valence-electron chi connectivity index (χ4n) is 13.0. The van der Waals surface area contributed by atoms with Crippen LogP contribution in [-0.4, -0.2) is 22.0 Å². The van der Waals surface area contributed by atoms with Gasteiger partial charge in [-0.2, -0.15) is 0 Å². The van der Waals surface area contributed by atoms with Crippen molar-refractivity contribution in [1.29, 1.82) is 0 Å². The summed E-state index contributed by atoms with van der Waals surface area (Å²) in [6.45, 7) is 33.2. The fourth-order valence-corrected chi connectivity index (χ4v) is 20.3. The second kappa shape index (κ2) is 15.9. The molecule has 0 radical (unpaired) electrons. The Hall–Kier alpha value is -0.430. The van der Waals surface area contributed by atoms with E-state index in [4.69, 9.17) is 0 Å². The first kappa shape index (κ1) is 39.8. The van der Waals surface area contributed by atoms with E-state index < -0.39 is 10.0 Å². The van der Waals surface area contributed by atoms with Crippen LogP contribution in [0.4, 0.5) is 0 Å². The van der Waals surface area contributed by atoms with Crippen LogP contribution in [0, 0.1) is 53.3 Å². The standard InChI is InChI=1S/C48H84S/c1-14-16-18-20-25-49(26-21-19-17-15-2,46-35(6)33(4)34(5)36(46)7)45-32(3)27-42-43(45)30-37-23-22-24-41(37)44(42)38-28-39(47(8,9)10)31-40(29-38)48(11,12)13/h28-29,31-37,41-46H,14-27,30H2,1-13H3. The minimum atomic E-state index is -0.795. The minimum Gasteiger partial charge on any atom is -0.234 e. The van der Waals surface area contributed by atoms with Crippen molar-refractivity contribution in [3.8, 4) is 0 Å². The van der Waals surface area contributed by atoms with Crippen molar-refractivity contribution < 1.29 is 0 Å². The lowest BCUT2D eigenvalue weighted by Crippen LogP contribution is -2.45. The summed E-state index contributed by atoms with van der Waals surface area (Å²) in [6.07, 6.45) is 19.1. The van der Waals surface area contributed by atoms with E-state index in [9.17, 15) is 0 Å². The lowest BCUT2D eigenvalue weighted by atomic mass is 9.61. The summed E-state index contributed by atoms with van der Waals surface area (Å²) in [4.78, 5) is 0. The maximum atomic E-state index is 2.80. The second-order valence-corrected chi connectivity index (χ2v) is 24.8.